The molecule has 1 aliphatic carbocycles. The summed E-state index contributed by atoms with van der Waals surface area (Å²) in [6.07, 6.45) is 6.08. The average molecular weight is 389 g/mol. The average Bonchev–Trinajstić information content (AvgIpc) is 2.71. The molecule has 6 nitrogen and oxygen atoms in total. The fourth-order valence-corrected chi connectivity index (χ4v) is 3.99. The van der Waals surface area contributed by atoms with Crippen LogP contribution in [0.5, 0.6) is 6.01 Å². The summed E-state index contributed by atoms with van der Waals surface area (Å²) in [6, 6.07) is 0.530. The molecule has 0 atom stereocenters. The lowest BCUT2D eigenvalue weighted by Gasteiger charge is -2.29. The van der Waals surface area contributed by atoms with Crippen LogP contribution in [0.3, 0.4) is 0 Å². The lowest BCUT2D eigenvalue weighted by molar-refractivity contribution is 0.0356. The van der Waals surface area contributed by atoms with Crippen molar-refractivity contribution in [2.75, 3.05) is 57.4 Å². The molecule has 1 aromatic heterocycles. The van der Waals surface area contributed by atoms with Gasteiger partial charge in [-0.05, 0) is 32.1 Å². The van der Waals surface area contributed by atoms with Gasteiger partial charge in [-0.15, -0.1) is 0 Å². The van der Waals surface area contributed by atoms with Crippen LogP contribution in [0.1, 0.15) is 50.8 Å². The van der Waals surface area contributed by atoms with Gasteiger partial charge < -0.3 is 14.4 Å². The Bertz CT molecular complexity index is 638. The summed E-state index contributed by atoms with van der Waals surface area (Å²) in [5.41, 5.74) is 3.67. The van der Waals surface area contributed by atoms with Crippen molar-refractivity contribution in [3.05, 3.63) is 23.4 Å². The van der Waals surface area contributed by atoms with Gasteiger partial charge in [-0.1, -0.05) is 26.0 Å². The Balaban J connectivity index is 1.68. The molecular weight excluding hydrogens is 352 g/mol. The van der Waals surface area contributed by atoms with Crippen LogP contribution >= 0.6 is 0 Å². The van der Waals surface area contributed by atoms with Crippen LogP contribution in [0.15, 0.2) is 12.2 Å². The third kappa shape index (κ3) is 5.67. The minimum atomic E-state index is 0.530. The maximum absolute atomic E-state index is 6.01. The number of fused-ring (bicyclic) bond motifs is 1. The van der Waals surface area contributed by atoms with E-state index >= 15 is 0 Å². The van der Waals surface area contributed by atoms with Crippen LogP contribution in [-0.2, 0) is 17.6 Å². The summed E-state index contributed by atoms with van der Waals surface area (Å²) in [6.45, 7) is 16.1. The second-order valence-corrected chi connectivity index (χ2v) is 7.82. The highest BCUT2D eigenvalue weighted by atomic mass is 16.5. The summed E-state index contributed by atoms with van der Waals surface area (Å²) < 4.78 is 11.4. The van der Waals surface area contributed by atoms with Crippen LogP contribution in [0.4, 0.5) is 5.82 Å². The quantitative estimate of drug-likeness (QED) is 0.453. The van der Waals surface area contributed by atoms with E-state index in [-0.39, 0.29) is 0 Å². The largest absolute Gasteiger partial charge is 0.463 e. The van der Waals surface area contributed by atoms with Gasteiger partial charge in [0.1, 0.15) is 5.82 Å². The predicted octanol–water partition coefficient (Wildman–Crippen LogP) is 3.25. The summed E-state index contributed by atoms with van der Waals surface area (Å²) in [7, 11) is 0. The molecule has 6 heteroatoms. The second-order valence-electron chi connectivity index (χ2n) is 7.82. The molecule has 3 rings (SSSR count). The lowest BCUT2D eigenvalue weighted by atomic mass is 9.92. The fourth-order valence-electron chi connectivity index (χ4n) is 3.99. The number of anilines is 1. The normalized spacial score (nSPS) is 17.4. The predicted molar refractivity (Wildman–Crippen MR) is 113 cm³/mol. The zero-order valence-corrected chi connectivity index (χ0v) is 17.7. The number of aromatic nitrogens is 2. The Kier molecular flexibility index (Phi) is 8.10. The standard InChI is InChI=1S/C22H36N4O2/c1-4-9-26(10-5-2)21-19-8-7-18(3)17-20(19)23-22(24-21)28-14-6-11-25-12-15-27-16-13-25/h3-17H2,1-2H3. The van der Waals surface area contributed by atoms with E-state index in [1.807, 2.05) is 0 Å². The van der Waals surface area contributed by atoms with Crippen LogP contribution in [0, 0.1) is 0 Å². The zero-order chi connectivity index (χ0) is 19.8. The third-order valence-electron chi connectivity index (χ3n) is 5.44. The van der Waals surface area contributed by atoms with E-state index in [0.29, 0.717) is 12.6 Å². The summed E-state index contributed by atoms with van der Waals surface area (Å²) in [5.74, 6) is 1.09. The van der Waals surface area contributed by atoms with E-state index in [1.54, 1.807) is 0 Å². The molecule has 0 aromatic carbocycles. The summed E-state index contributed by atoms with van der Waals surface area (Å²) in [5, 5.41) is 0. The van der Waals surface area contributed by atoms with Gasteiger partial charge in [0.05, 0.1) is 25.5 Å². The SMILES string of the molecule is C=C1CCc2c(nc(OCCCN3CCOCC3)nc2N(CCC)CCC)C1. The van der Waals surface area contributed by atoms with Crippen molar-refractivity contribution in [1.82, 2.24) is 14.9 Å². The third-order valence-corrected chi connectivity index (χ3v) is 5.44. The van der Waals surface area contributed by atoms with Gasteiger partial charge in [-0.3, -0.25) is 4.90 Å². The van der Waals surface area contributed by atoms with Gasteiger partial charge in [0.15, 0.2) is 0 Å². The number of allylic oxidation sites excluding steroid dienone is 1. The molecule has 1 aromatic rings. The van der Waals surface area contributed by atoms with E-state index in [9.17, 15) is 0 Å². The molecule has 0 N–H and O–H groups in total. The van der Waals surface area contributed by atoms with Gasteiger partial charge in [-0.2, -0.15) is 9.97 Å². The van der Waals surface area contributed by atoms with Crippen molar-refractivity contribution in [3.63, 3.8) is 0 Å². The lowest BCUT2D eigenvalue weighted by Crippen LogP contribution is -2.37. The first-order valence-corrected chi connectivity index (χ1v) is 11.0. The Labute approximate surface area is 169 Å². The molecule has 1 aliphatic heterocycles. The minimum Gasteiger partial charge on any atom is -0.463 e. The van der Waals surface area contributed by atoms with Crippen molar-refractivity contribution < 1.29 is 9.47 Å². The van der Waals surface area contributed by atoms with E-state index in [1.165, 1.54) is 11.1 Å². The molecule has 0 amide bonds. The highest BCUT2D eigenvalue weighted by Crippen LogP contribution is 2.31. The number of hydrogen-bond acceptors (Lipinski definition) is 6. The molecule has 156 valence electrons. The van der Waals surface area contributed by atoms with Gasteiger partial charge >= 0.3 is 6.01 Å². The van der Waals surface area contributed by atoms with Crippen LogP contribution in [0.25, 0.3) is 0 Å². The fraction of sp³-hybridized carbons (Fsp3) is 0.727. The van der Waals surface area contributed by atoms with Crippen molar-refractivity contribution in [2.45, 2.75) is 52.4 Å². The van der Waals surface area contributed by atoms with Gasteiger partial charge in [0.2, 0.25) is 0 Å². The van der Waals surface area contributed by atoms with Crippen molar-refractivity contribution in [1.29, 1.82) is 0 Å². The maximum Gasteiger partial charge on any atom is 0.318 e. The van der Waals surface area contributed by atoms with Crippen molar-refractivity contribution in [2.24, 2.45) is 0 Å². The highest BCUT2D eigenvalue weighted by Gasteiger charge is 2.23. The smallest absolute Gasteiger partial charge is 0.318 e. The molecule has 0 bridgehead atoms. The molecule has 2 aliphatic rings. The molecule has 2 heterocycles. The van der Waals surface area contributed by atoms with E-state index in [0.717, 1.165) is 96.0 Å². The molecule has 0 spiro atoms. The topological polar surface area (TPSA) is 50.7 Å². The molecule has 0 radical (unpaired) electrons. The molecule has 0 saturated carbocycles. The Hall–Kier alpha value is -1.66. The first-order chi connectivity index (χ1) is 13.7. The van der Waals surface area contributed by atoms with E-state index in [2.05, 4.69) is 30.2 Å². The van der Waals surface area contributed by atoms with Gasteiger partial charge in [-0.25, -0.2) is 0 Å². The van der Waals surface area contributed by atoms with E-state index < -0.39 is 0 Å². The van der Waals surface area contributed by atoms with Crippen molar-refractivity contribution >= 4 is 5.82 Å². The molecule has 1 saturated heterocycles. The molecular formula is C22H36N4O2. The number of ether oxygens (including phenoxy) is 2. The first kappa shape index (κ1) is 21.1. The monoisotopic (exact) mass is 388 g/mol. The highest BCUT2D eigenvalue weighted by molar-refractivity contribution is 5.52. The Morgan fingerprint density at radius 1 is 1.11 bits per heavy atom. The first-order valence-electron chi connectivity index (χ1n) is 11.0. The van der Waals surface area contributed by atoms with Gasteiger partial charge in [0.25, 0.3) is 0 Å². The maximum atomic E-state index is 6.01. The Morgan fingerprint density at radius 3 is 2.57 bits per heavy atom. The number of morpholine rings is 1. The second kappa shape index (κ2) is 10.8. The van der Waals surface area contributed by atoms with Crippen molar-refractivity contribution in [3.8, 4) is 6.01 Å². The summed E-state index contributed by atoms with van der Waals surface area (Å²) in [4.78, 5) is 14.5. The minimum absolute atomic E-state index is 0.530. The molecule has 28 heavy (non-hydrogen) atoms. The van der Waals surface area contributed by atoms with Gasteiger partial charge in [0, 0.05) is 44.7 Å². The number of rotatable bonds is 10. The van der Waals surface area contributed by atoms with E-state index in [4.69, 9.17) is 19.4 Å². The number of hydrogen-bond donors (Lipinski definition) is 0. The Morgan fingerprint density at radius 2 is 1.86 bits per heavy atom. The van der Waals surface area contributed by atoms with Crippen LogP contribution in [0.2, 0.25) is 0 Å². The molecule has 1 fully saturated rings. The van der Waals surface area contributed by atoms with Crippen LogP contribution < -0.4 is 9.64 Å². The van der Waals surface area contributed by atoms with Crippen LogP contribution in [-0.4, -0.2) is 67.4 Å². The number of nitrogens with zero attached hydrogens (tertiary/aromatic N) is 4. The summed E-state index contributed by atoms with van der Waals surface area (Å²) >= 11 is 0. The molecule has 0 unspecified atom stereocenters. The zero-order valence-electron chi connectivity index (χ0n) is 17.7.